The number of nitrogens with two attached hydrogens (primary N) is 2. The van der Waals surface area contributed by atoms with Crippen molar-refractivity contribution in [3.8, 4) is 0 Å². The molecule has 0 aromatic heterocycles. The molecule has 0 spiro atoms. The minimum absolute atomic E-state index is 0.0467. The molecule has 0 saturated carbocycles. The average molecular weight is 367 g/mol. The summed E-state index contributed by atoms with van der Waals surface area (Å²) in [6.45, 7) is 2.37. The summed E-state index contributed by atoms with van der Waals surface area (Å²) in [4.78, 5) is 13.5. The van der Waals surface area contributed by atoms with Crippen molar-refractivity contribution >= 4 is 5.91 Å². The molecule has 0 radical (unpaired) electrons. The number of amides is 1. The number of allylic oxidation sites excluding steroid dienone is 1. The monoisotopic (exact) mass is 367 g/mol. The first-order valence-corrected chi connectivity index (χ1v) is 8.94. The van der Waals surface area contributed by atoms with Crippen LogP contribution in [0.4, 0.5) is 13.2 Å². The Morgan fingerprint density at radius 2 is 1.77 bits per heavy atom. The Hall–Kier alpha value is -1.86. The smallest absolute Gasteiger partial charge is 0.220 e. The van der Waals surface area contributed by atoms with Gasteiger partial charge in [0.2, 0.25) is 5.91 Å². The highest BCUT2D eigenvalue weighted by Gasteiger charge is 2.29. The third-order valence-corrected chi connectivity index (χ3v) is 5.53. The van der Waals surface area contributed by atoms with Crippen molar-refractivity contribution in [3.63, 3.8) is 0 Å². The third kappa shape index (κ3) is 4.10. The lowest BCUT2D eigenvalue weighted by Gasteiger charge is -2.34. The zero-order valence-electron chi connectivity index (χ0n) is 14.6. The Morgan fingerprint density at radius 3 is 2.38 bits per heavy atom. The molecule has 0 unspecified atom stereocenters. The van der Waals surface area contributed by atoms with Gasteiger partial charge in [-0.25, -0.2) is 13.2 Å². The van der Waals surface area contributed by atoms with Gasteiger partial charge in [-0.15, -0.1) is 0 Å². The molecule has 1 heterocycles. The normalized spacial score (nSPS) is 25.2. The molecular weight excluding hydrogens is 343 g/mol. The van der Waals surface area contributed by atoms with Crippen molar-refractivity contribution in [1.82, 2.24) is 4.90 Å². The van der Waals surface area contributed by atoms with E-state index in [0.717, 1.165) is 44.1 Å². The van der Waals surface area contributed by atoms with Crippen LogP contribution >= 0.6 is 0 Å². The van der Waals surface area contributed by atoms with Crippen LogP contribution in [0.2, 0.25) is 0 Å². The number of primary amides is 1. The number of benzene rings is 1. The van der Waals surface area contributed by atoms with E-state index in [4.69, 9.17) is 11.5 Å². The van der Waals surface area contributed by atoms with E-state index in [1.807, 2.05) is 6.08 Å². The van der Waals surface area contributed by atoms with Gasteiger partial charge in [-0.3, -0.25) is 9.69 Å². The molecule has 1 aromatic carbocycles. The van der Waals surface area contributed by atoms with E-state index < -0.39 is 17.5 Å². The van der Waals surface area contributed by atoms with Crippen molar-refractivity contribution in [2.45, 2.75) is 37.6 Å². The number of likely N-dealkylation sites (tertiary alicyclic amines) is 1. The van der Waals surface area contributed by atoms with Crippen molar-refractivity contribution in [2.24, 2.45) is 17.4 Å². The highest BCUT2D eigenvalue weighted by molar-refractivity contribution is 5.76. The summed E-state index contributed by atoms with van der Waals surface area (Å²) < 4.78 is 40.6. The molecule has 26 heavy (non-hydrogen) atoms. The number of carbonyl (C=O) groups is 1. The molecule has 1 aliphatic carbocycles. The summed E-state index contributed by atoms with van der Waals surface area (Å²) >= 11 is 0. The van der Waals surface area contributed by atoms with Crippen molar-refractivity contribution in [3.05, 3.63) is 46.8 Å². The number of rotatable bonds is 4. The predicted octanol–water partition coefficient (Wildman–Crippen LogP) is 2.43. The van der Waals surface area contributed by atoms with E-state index in [1.165, 1.54) is 0 Å². The number of halogens is 3. The molecule has 142 valence electrons. The van der Waals surface area contributed by atoms with Gasteiger partial charge >= 0.3 is 0 Å². The molecule has 2 atom stereocenters. The van der Waals surface area contributed by atoms with Crippen LogP contribution in [-0.4, -0.2) is 36.5 Å². The van der Waals surface area contributed by atoms with E-state index in [-0.39, 0.29) is 29.3 Å². The maximum atomic E-state index is 14.0. The summed E-state index contributed by atoms with van der Waals surface area (Å²) in [7, 11) is 0. The zero-order valence-corrected chi connectivity index (χ0v) is 14.6. The molecule has 1 aromatic rings. The van der Waals surface area contributed by atoms with Gasteiger partial charge < -0.3 is 11.5 Å². The van der Waals surface area contributed by atoms with Gasteiger partial charge in [0.15, 0.2) is 11.6 Å². The fourth-order valence-corrected chi connectivity index (χ4v) is 3.97. The minimum atomic E-state index is -1.19. The Balaban J connectivity index is 1.63. The number of hydrogen-bond acceptors (Lipinski definition) is 3. The van der Waals surface area contributed by atoms with Gasteiger partial charge in [0.1, 0.15) is 5.82 Å². The van der Waals surface area contributed by atoms with Crippen LogP contribution in [0.3, 0.4) is 0 Å². The first kappa shape index (κ1) is 18.9. The minimum Gasteiger partial charge on any atom is -0.369 e. The largest absolute Gasteiger partial charge is 0.369 e. The van der Waals surface area contributed by atoms with Gasteiger partial charge in [-0.2, -0.15) is 0 Å². The molecule has 7 heteroatoms. The predicted molar refractivity (Wildman–Crippen MR) is 92.7 cm³/mol. The van der Waals surface area contributed by atoms with Crippen molar-refractivity contribution in [1.29, 1.82) is 0 Å². The standard InChI is InChI=1S/C19H24F3N3O/c20-15-9-17(22)16(21)8-14(15)13-2-1-11(7-18(13)23)10-25-5-3-12(4-6-25)19(24)26/h1,8-9,12-13,18H,2-7,10,23H2,(H2,24,26)/t13-,18+/m0/s1. The molecule has 4 nitrogen and oxygen atoms in total. The Morgan fingerprint density at radius 1 is 1.12 bits per heavy atom. The summed E-state index contributed by atoms with van der Waals surface area (Å²) in [5, 5.41) is 0. The molecule has 4 N–H and O–H groups in total. The van der Waals surface area contributed by atoms with Gasteiger partial charge in [0.05, 0.1) is 0 Å². The summed E-state index contributed by atoms with van der Waals surface area (Å²) in [6, 6.07) is 1.15. The van der Waals surface area contributed by atoms with Crippen LogP contribution in [0.5, 0.6) is 0 Å². The number of hydrogen-bond donors (Lipinski definition) is 2. The second kappa shape index (κ2) is 7.80. The molecule has 0 bridgehead atoms. The lowest BCUT2D eigenvalue weighted by atomic mass is 9.80. The molecule has 3 rings (SSSR count). The van der Waals surface area contributed by atoms with Crippen LogP contribution in [0.1, 0.15) is 37.2 Å². The first-order valence-electron chi connectivity index (χ1n) is 8.94. The van der Waals surface area contributed by atoms with Crippen LogP contribution in [0.15, 0.2) is 23.8 Å². The SMILES string of the molecule is NC(=O)C1CCN(CC2=CC[C@@H](c3cc(F)c(F)cc3F)[C@H](N)C2)CC1. The van der Waals surface area contributed by atoms with Crippen LogP contribution in [0.25, 0.3) is 0 Å². The third-order valence-electron chi connectivity index (χ3n) is 5.53. The Labute approximate surface area is 151 Å². The van der Waals surface area contributed by atoms with E-state index in [0.29, 0.717) is 18.9 Å². The van der Waals surface area contributed by atoms with Crippen LogP contribution < -0.4 is 11.5 Å². The van der Waals surface area contributed by atoms with Gasteiger partial charge in [-0.05, 0) is 50.4 Å². The second-order valence-corrected chi connectivity index (χ2v) is 7.31. The molecular formula is C19H24F3N3O. The number of piperidine rings is 1. The lowest BCUT2D eigenvalue weighted by Crippen LogP contribution is -2.40. The maximum absolute atomic E-state index is 14.0. The lowest BCUT2D eigenvalue weighted by molar-refractivity contribution is -0.123. The van der Waals surface area contributed by atoms with Gasteiger partial charge in [0.25, 0.3) is 0 Å². The first-order chi connectivity index (χ1) is 12.3. The molecule has 1 aliphatic heterocycles. The Kier molecular flexibility index (Phi) is 5.67. The van der Waals surface area contributed by atoms with Crippen LogP contribution in [-0.2, 0) is 4.79 Å². The highest BCUT2D eigenvalue weighted by atomic mass is 19.2. The molecule has 1 fully saturated rings. The fourth-order valence-electron chi connectivity index (χ4n) is 3.97. The summed E-state index contributed by atoms with van der Waals surface area (Å²) in [6.07, 6.45) is 4.62. The van der Waals surface area contributed by atoms with Gasteiger partial charge in [0, 0.05) is 30.5 Å². The zero-order chi connectivity index (χ0) is 18.8. The molecule has 1 saturated heterocycles. The second-order valence-electron chi connectivity index (χ2n) is 7.31. The maximum Gasteiger partial charge on any atom is 0.220 e. The van der Waals surface area contributed by atoms with Gasteiger partial charge in [-0.1, -0.05) is 11.6 Å². The Bertz CT molecular complexity index is 714. The number of carbonyl (C=O) groups excluding carboxylic acids is 1. The van der Waals surface area contributed by atoms with Crippen molar-refractivity contribution < 1.29 is 18.0 Å². The number of nitrogens with zero attached hydrogens (tertiary/aromatic N) is 1. The summed E-state index contributed by atoms with van der Waals surface area (Å²) in [5.41, 5.74) is 12.9. The van der Waals surface area contributed by atoms with E-state index in [9.17, 15) is 18.0 Å². The van der Waals surface area contributed by atoms with E-state index in [2.05, 4.69) is 4.90 Å². The molecule has 1 amide bonds. The summed E-state index contributed by atoms with van der Waals surface area (Å²) in [5.74, 6) is -3.65. The molecule has 2 aliphatic rings. The highest BCUT2D eigenvalue weighted by Crippen LogP contribution is 2.34. The average Bonchev–Trinajstić information content (AvgIpc) is 2.59. The van der Waals surface area contributed by atoms with E-state index in [1.54, 1.807) is 0 Å². The quantitative estimate of drug-likeness (QED) is 0.634. The van der Waals surface area contributed by atoms with Crippen LogP contribution in [0, 0.1) is 23.4 Å². The topological polar surface area (TPSA) is 72.4 Å². The van der Waals surface area contributed by atoms with E-state index >= 15 is 0 Å². The van der Waals surface area contributed by atoms with Crippen molar-refractivity contribution in [2.75, 3.05) is 19.6 Å². The fraction of sp³-hybridized carbons (Fsp3) is 0.526.